The summed E-state index contributed by atoms with van der Waals surface area (Å²) < 4.78 is 11.6. The van der Waals surface area contributed by atoms with E-state index in [1.807, 2.05) is 13.0 Å². The molecule has 9 heteroatoms. The van der Waals surface area contributed by atoms with Crippen molar-refractivity contribution in [3.05, 3.63) is 47.0 Å². The average molecular weight is 436 g/mol. The highest BCUT2D eigenvalue weighted by Crippen LogP contribution is 2.34. The third-order valence-electron chi connectivity index (χ3n) is 3.70. The molecule has 0 spiro atoms. The van der Waals surface area contributed by atoms with E-state index >= 15 is 0 Å². The predicted octanol–water partition coefficient (Wildman–Crippen LogP) is 4.87. The second-order valence-electron chi connectivity index (χ2n) is 5.75. The summed E-state index contributed by atoms with van der Waals surface area (Å²) >= 11 is 12.7. The number of nitrogens with zero attached hydrogens (tertiary/aromatic N) is 1. The summed E-state index contributed by atoms with van der Waals surface area (Å²) in [6.07, 6.45) is 0.924. The van der Waals surface area contributed by atoms with Gasteiger partial charge in [0, 0.05) is 11.6 Å². The number of ether oxygens (including phenoxy) is 2. The molecule has 0 fully saturated rings. The van der Waals surface area contributed by atoms with E-state index in [-0.39, 0.29) is 11.0 Å². The van der Waals surface area contributed by atoms with Crippen molar-refractivity contribution in [1.82, 2.24) is 10.3 Å². The minimum atomic E-state index is -0.314. The van der Waals surface area contributed by atoms with Gasteiger partial charge in [-0.05, 0) is 49.0 Å². The van der Waals surface area contributed by atoms with Crippen LogP contribution in [-0.4, -0.2) is 29.7 Å². The highest BCUT2D eigenvalue weighted by molar-refractivity contribution is 7.80. The summed E-state index contributed by atoms with van der Waals surface area (Å²) in [6.45, 7) is 2.67. The first-order valence-electron chi connectivity index (χ1n) is 8.49. The molecule has 0 saturated carbocycles. The van der Waals surface area contributed by atoms with Crippen LogP contribution in [0.15, 0.2) is 36.4 Å². The molecule has 0 bridgehead atoms. The van der Waals surface area contributed by atoms with Gasteiger partial charge >= 0.3 is 0 Å². The fourth-order valence-corrected chi connectivity index (χ4v) is 3.74. The van der Waals surface area contributed by atoms with Gasteiger partial charge in [0.25, 0.3) is 5.91 Å². The van der Waals surface area contributed by atoms with Gasteiger partial charge in [0.15, 0.2) is 10.2 Å². The lowest BCUT2D eigenvalue weighted by Crippen LogP contribution is -2.34. The molecule has 0 atom stereocenters. The summed E-state index contributed by atoms with van der Waals surface area (Å²) in [5, 5.41) is 6.76. The fraction of sp³-hybridized carbons (Fsp3) is 0.211. The lowest BCUT2D eigenvalue weighted by atomic mass is 10.2. The normalized spacial score (nSPS) is 10.5. The van der Waals surface area contributed by atoms with Gasteiger partial charge in [-0.3, -0.25) is 10.1 Å². The van der Waals surface area contributed by atoms with Crippen molar-refractivity contribution < 1.29 is 14.3 Å². The number of carbonyl (C=O) groups excluding carboxylic acids is 1. The summed E-state index contributed by atoms with van der Waals surface area (Å²) in [6, 6.07) is 10.4. The second-order valence-corrected chi connectivity index (χ2v) is 7.60. The summed E-state index contributed by atoms with van der Waals surface area (Å²) in [7, 11) is 1.56. The van der Waals surface area contributed by atoms with Crippen LogP contribution in [0.25, 0.3) is 10.2 Å². The van der Waals surface area contributed by atoms with Crippen LogP contribution in [0.4, 0.5) is 5.13 Å². The zero-order chi connectivity index (χ0) is 20.1. The summed E-state index contributed by atoms with van der Waals surface area (Å²) in [4.78, 5) is 16.8. The average Bonchev–Trinajstić information content (AvgIpc) is 3.06. The Balaban J connectivity index is 1.63. The van der Waals surface area contributed by atoms with Gasteiger partial charge in [0.1, 0.15) is 11.5 Å². The number of thiazole rings is 1. The van der Waals surface area contributed by atoms with Gasteiger partial charge in [0.2, 0.25) is 0 Å². The third kappa shape index (κ3) is 4.89. The molecule has 0 aliphatic rings. The zero-order valence-corrected chi connectivity index (χ0v) is 17.6. The summed E-state index contributed by atoms with van der Waals surface area (Å²) in [5.41, 5.74) is 1.20. The molecule has 3 aromatic rings. The number of aromatic nitrogens is 1. The SMILES string of the molecule is CCCOc1ccc(C(=O)NC(=S)Nc2nc3cc(Cl)c(OC)cc3s2)cc1. The Morgan fingerprint density at radius 2 is 2.04 bits per heavy atom. The Morgan fingerprint density at radius 3 is 2.71 bits per heavy atom. The molecule has 1 aromatic heterocycles. The number of carbonyl (C=O) groups is 1. The highest BCUT2D eigenvalue weighted by atomic mass is 35.5. The molecule has 0 aliphatic heterocycles. The van der Waals surface area contributed by atoms with E-state index in [0.717, 1.165) is 22.4 Å². The van der Waals surface area contributed by atoms with Crippen molar-refractivity contribution in [1.29, 1.82) is 0 Å². The molecule has 0 saturated heterocycles. The van der Waals surface area contributed by atoms with Crippen molar-refractivity contribution in [2.75, 3.05) is 19.0 Å². The van der Waals surface area contributed by atoms with Gasteiger partial charge in [0.05, 0.1) is 29.0 Å². The maximum atomic E-state index is 12.3. The Hall–Kier alpha value is -2.42. The molecule has 0 radical (unpaired) electrons. The lowest BCUT2D eigenvalue weighted by molar-refractivity contribution is 0.0977. The lowest BCUT2D eigenvalue weighted by Gasteiger charge is -2.08. The number of fused-ring (bicyclic) bond motifs is 1. The first-order chi connectivity index (χ1) is 13.5. The van der Waals surface area contributed by atoms with Crippen molar-refractivity contribution >= 4 is 61.5 Å². The topological polar surface area (TPSA) is 72.5 Å². The minimum absolute atomic E-state index is 0.161. The molecular weight excluding hydrogens is 418 g/mol. The molecule has 2 aromatic carbocycles. The molecule has 3 rings (SSSR count). The highest BCUT2D eigenvalue weighted by Gasteiger charge is 2.12. The molecule has 1 amide bonds. The van der Waals surface area contributed by atoms with Crippen LogP contribution in [0.5, 0.6) is 11.5 Å². The van der Waals surface area contributed by atoms with Crippen LogP contribution in [0.1, 0.15) is 23.7 Å². The number of hydrogen-bond donors (Lipinski definition) is 2. The van der Waals surface area contributed by atoms with Crippen LogP contribution in [0, 0.1) is 0 Å². The van der Waals surface area contributed by atoms with Crippen LogP contribution in [0.2, 0.25) is 5.02 Å². The predicted molar refractivity (Wildman–Crippen MR) is 117 cm³/mol. The van der Waals surface area contributed by atoms with Crippen LogP contribution < -0.4 is 20.1 Å². The number of hydrogen-bond acceptors (Lipinski definition) is 6. The maximum absolute atomic E-state index is 12.3. The standard InChI is InChI=1S/C19H18ClN3O3S2/c1-3-8-26-12-6-4-11(5-7-12)17(24)22-18(27)23-19-21-14-9-13(20)15(25-2)10-16(14)28-19/h4-7,9-10H,3,8H2,1-2H3,(H2,21,22,23,24,27). The van der Waals surface area contributed by atoms with Crippen LogP contribution in [-0.2, 0) is 0 Å². The van der Waals surface area contributed by atoms with Crippen LogP contribution >= 0.6 is 35.2 Å². The van der Waals surface area contributed by atoms with E-state index in [1.54, 1.807) is 37.4 Å². The molecule has 6 nitrogen and oxygen atoms in total. The maximum Gasteiger partial charge on any atom is 0.257 e. The van der Waals surface area contributed by atoms with E-state index in [1.165, 1.54) is 11.3 Å². The van der Waals surface area contributed by atoms with Crippen molar-refractivity contribution in [3.8, 4) is 11.5 Å². The van der Waals surface area contributed by atoms with E-state index in [0.29, 0.717) is 28.1 Å². The van der Waals surface area contributed by atoms with Crippen LogP contribution in [0.3, 0.4) is 0 Å². The van der Waals surface area contributed by atoms with E-state index < -0.39 is 0 Å². The number of nitrogens with one attached hydrogen (secondary N) is 2. The number of benzene rings is 2. The molecule has 1 heterocycles. The largest absolute Gasteiger partial charge is 0.495 e. The monoisotopic (exact) mass is 435 g/mol. The molecule has 0 aliphatic carbocycles. The first-order valence-corrected chi connectivity index (χ1v) is 10.1. The number of anilines is 1. The smallest absolute Gasteiger partial charge is 0.257 e. The number of amides is 1. The fourth-order valence-electron chi connectivity index (χ4n) is 2.37. The first kappa shape index (κ1) is 20.3. The van der Waals surface area contributed by atoms with Gasteiger partial charge in [-0.25, -0.2) is 4.98 Å². The number of rotatable bonds is 6. The van der Waals surface area contributed by atoms with Gasteiger partial charge in [-0.2, -0.15) is 0 Å². The van der Waals surface area contributed by atoms with E-state index in [9.17, 15) is 4.79 Å². The van der Waals surface area contributed by atoms with E-state index in [4.69, 9.17) is 33.3 Å². The zero-order valence-electron chi connectivity index (χ0n) is 15.2. The van der Waals surface area contributed by atoms with Gasteiger partial charge < -0.3 is 14.8 Å². The minimum Gasteiger partial charge on any atom is -0.495 e. The molecular formula is C19H18ClN3O3S2. The Bertz CT molecular complexity index is 1010. The van der Waals surface area contributed by atoms with Crippen molar-refractivity contribution in [3.63, 3.8) is 0 Å². The van der Waals surface area contributed by atoms with Crippen molar-refractivity contribution in [2.45, 2.75) is 13.3 Å². The van der Waals surface area contributed by atoms with E-state index in [2.05, 4.69) is 15.6 Å². The molecule has 146 valence electrons. The number of methoxy groups -OCH3 is 1. The number of halogens is 1. The van der Waals surface area contributed by atoms with Gasteiger partial charge in [-0.15, -0.1) is 0 Å². The summed E-state index contributed by atoms with van der Waals surface area (Å²) in [5.74, 6) is 0.986. The third-order valence-corrected chi connectivity index (χ3v) is 5.13. The quantitative estimate of drug-likeness (QED) is 0.538. The second kappa shape index (κ2) is 9.18. The number of thiocarbonyl (C=S) groups is 1. The molecule has 0 unspecified atom stereocenters. The van der Waals surface area contributed by atoms with Gasteiger partial charge in [-0.1, -0.05) is 29.9 Å². The Labute approximate surface area is 176 Å². The Morgan fingerprint density at radius 1 is 1.29 bits per heavy atom. The van der Waals surface area contributed by atoms with Crippen molar-refractivity contribution in [2.24, 2.45) is 0 Å². The Kier molecular flexibility index (Phi) is 6.66. The molecule has 28 heavy (non-hydrogen) atoms. The molecule has 2 N–H and O–H groups in total.